The van der Waals surface area contributed by atoms with Crippen LogP contribution in [0.25, 0.3) is 0 Å². The highest BCUT2D eigenvalue weighted by molar-refractivity contribution is 6.30. The minimum Gasteiger partial charge on any atom is -0.469 e. The van der Waals surface area contributed by atoms with Gasteiger partial charge in [0, 0.05) is 43.3 Å². The summed E-state index contributed by atoms with van der Waals surface area (Å²) in [7, 11) is 0. The number of furan rings is 1. The van der Waals surface area contributed by atoms with Crippen LogP contribution in [0.5, 0.6) is 0 Å². The Hall–Kier alpha value is -1.98. The molecule has 0 spiro atoms. The van der Waals surface area contributed by atoms with Gasteiger partial charge < -0.3 is 20.0 Å². The molecule has 0 aliphatic carbocycles. The van der Waals surface area contributed by atoms with Crippen molar-refractivity contribution in [2.24, 2.45) is 5.73 Å². The number of benzene rings is 1. The summed E-state index contributed by atoms with van der Waals surface area (Å²) in [6.07, 6.45) is 2.03. The van der Waals surface area contributed by atoms with Crippen LogP contribution in [0, 0.1) is 6.92 Å². The van der Waals surface area contributed by atoms with E-state index in [1.807, 2.05) is 29.2 Å². The number of aryl methyl sites for hydroxylation is 1. The van der Waals surface area contributed by atoms with Gasteiger partial charge in [0.05, 0.1) is 12.3 Å². The Morgan fingerprint density at radius 3 is 2.71 bits per heavy atom. The van der Waals surface area contributed by atoms with E-state index in [4.69, 9.17) is 21.8 Å². The van der Waals surface area contributed by atoms with Crippen LogP contribution >= 0.6 is 11.6 Å². The molecule has 1 aliphatic rings. The molecule has 2 N–H and O–H groups in total. The lowest BCUT2D eigenvalue weighted by molar-refractivity contribution is -0.132. The molecule has 128 valence electrons. The van der Waals surface area contributed by atoms with Gasteiger partial charge in [-0.05, 0) is 36.8 Å². The Morgan fingerprint density at radius 2 is 2.04 bits per heavy atom. The standard InChI is InChI=1S/C18H22ClN3O2/c1-13-4-5-14(19)11-17(13)21-6-8-22(9-7-21)18(23)16(20)12-15-3-2-10-24-15/h2-5,10-11,16H,6-9,12,20H2,1H3. The molecule has 2 aromatic rings. The van der Waals surface area contributed by atoms with Crippen molar-refractivity contribution >= 4 is 23.2 Å². The van der Waals surface area contributed by atoms with Crippen LogP contribution in [-0.2, 0) is 11.2 Å². The molecule has 1 atom stereocenters. The highest BCUT2D eigenvalue weighted by Gasteiger charge is 2.26. The molecule has 0 bridgehead atoms. The number of piperazine rings is 1. The van der Waals surface area contributed by atoms with E-state index in [0.29, 0.717) is 19.5 Å². The van der Waals surface area contributed by atoms with E-state index in [1.165, 1.54) is 5.56 Å². The van der Waals surface area contributed by atoms with E-state index in [0.717, 1.165) is 29.6 Å². The second kappa shape index (κ2) is 7.28. The fourth-order valence-corrected chi connectivity index (χ4v) is 3.22. The molecule has 1 fully saturated rings. The van der Waals surface area contributed by atoms with Crippen LogP contribution in [0.1, 0.15) is 11.3 Å². The van der Waals surface area contributed by atoms with Crippen LogP contribution in [0.3, 0.4) is 0 Å². The summed E-state index contributed by atoms with van der Waals surface area (Å²) in [5, 5.41) is 0.731. The van der Waals surface area contributed by atoms with Crippen molar-refractivity contribution in [2.75, 3.05) is 31.1 Å². The van der Waals surface area contributed by atoms with Gasteiger partial charge >= 0.3 is 0 Å². The number of rotatable bonds is 4. The van der Waals surface area contributed by atoms with Crippen LogP contribution in [0.15, 0.2) is 41.0 Å². The van der Waals surface area contributed by atoms with Gasteiger partial charge in [0.2, 0.25) is 5.91 Å². The quantitative estimate of drug-likeness (QED) is 0.922. The fourth-order valence-electron chi connectivity index (χ4n) is 3.06. The normalized spacial score (nSPS) is 16.3. The summed E-state index contributed by atoms with van der Waals surface area (Å²) in [4.78, 5) is 16.6. The number of carbonyl (C=O) groups is 1. The first-order valence-corrected chi connectivity index (χ1v) is 8.50. The van der Waals surface area contributed by atoms with E-state index in [1.54, 1.807) is 12.3 Å². The van der Waals surface area contributed by atoms with Crippen molar-refractivity contribution in [3.63, 3.8) is 0 Å². The summed E-state index contributed by atoms with van der Waals surface area (Å²) in [5.41, 5.74) is 8.37. The van der Waals surface area contributed by atoms with Gasteiger partial charge in [-0.3, -0.25) is 4.79 Å². The Balaban J connectivity index is 1.58. The van der Waals surface area contributed by atoms with Crippen LogP contribution < -0.4 is 10.6 Å². The molecule has 5 nitrogen and oxygen atoms in total. The molecule has 0 saturated carbocycles. The zero-order chi connectivity index (χ0) is 17.1. The lowest BCUT2D eigenvalue weighted by atomic mass is 10.1. The Kier molecular flexibility index (Phi) is 5.11. The second-order valence-corrected chi connectivity index (χ2v) is 6.57. The molecule has 24 heavy (non-hydrogen) atoms. The van der Waals surface area contributed by atoms with Crippen molar-refractivity contribution < 1.29 is 9.21 Å². The highest BCUT2D eigenvalue weighted by Crippen LogP contribution is 2.25. The maximum Gasteiger partial charge on any atom is 0.240 e. The van der Waals surface area contributed by atoms with Crippen LogP contribution in [0.4, 0.5) is 5.69 Å². The van der Waals surface area contributed by atoms with Gasteiger partial charge in [-0.25, -0.2) is 0 Å². The molecule has 1 aliphatic heterocycles. The Bertz CT molecular complexity index is 694. The monoisotopic (exact) mass is 347 g/mol. The third-order valence-corrected chi connectivity index (χ3v) is 4.66. The fraction of sp³-hybridized carbons (Fsp3) is 0.389. The van der Waals surface area contributed by atoms with Gasteiger partial charge in [0.25, 0.3) is 0 Å². The number of hydrogen-bond donors (Lipinski definition) is 1. The zero-order valence-corrected chi connectivity index (χ0v) is 14.5. The first-order valence-electron chi connectivity index (χ1n) is 8.12. The van der Waals surface area contributed by atoms with Gasteiger partial charge in [-0.1, -0.05) is 17.7 Å². The average molecular weight is 348 g/mol. The molecule has 1 unspecified atom stereocenters. The third-order valence-electron chi connectivity index (χ3n) is 4.42. The van der Waals surface area contributed by atoms with Crippen molar-refractivity contribution in [3.8, 4) is 0 Å². The van der Waals surface area contributed by atoms with Gasteiger partial charge in [0.1, 0.15) is 5.76 Å². The molecule has 3 rings (SSSR count). The number of carbonyl (C=O) groups excluding carboxylic acids is 1. The smallest absolute Gasteiger partial charge is 0.240 e. The number of nitrogens with zero attached hydrogens (tertiary/aromatic N) is 2. The molecule has 1 aromatic heterocycles. The second-order valence-electron chi connectivity index (χ2n) is 6.13. The SMILES string of the molecule is Cc1ccc(Cl)cc1N1CCN(C(=O)C(N)Cc2ccco2)CC1. The van der Waals surface area contributed by atoms with Crippen molar-refractivity contribution in [1.82, 2.24) is 4.90 Å². The molecule has 1 aromatic carbocycles. The van der Waals surface area contributed by atoms with Crippen molar-refractivity contribution in [3.05, 3.63) is 52.9 Å². The van der Waals surface area contributed by atoms with E-state index in [9.17, 15) is 4.79 Å². The summed E-state index contributed by atoms with van der Waals surface area (Å²) in [6, 6.07) is 8.99. The number of anilines is 1. The molecular weight excluding hydrogens is 326 g/mol. The van der Waals surface area contributed by atoms with Crippen molar-refractivity contribution in [1.29, 1.82) is 0 Å². The highest BCUT2D eigenvalue weighted by atomic mass is 35.5. The van der Waals surface area contributed by atoms with Gasteiger partial charge in [-0.15, -0.1) is 0 Å². The van der Waals surface area contributed by atoms with E-state index in [2.05, 4.69) is 11.8 Å². The summed E-state index contributed by atoms with van der Waals surface area (Å²) in [6.45, 7) is 4.95. The van der Waals surface area contributed by atoms with Gasteiger partial charge in [-0.2, -0.15) is 0 Å². The predicted molar refractivity (Wildman–Crippen MR) is 95.4 cm³/mol. The Labute approximate surface area is 147 Å². The lowest BCUT2D eigenvalue weighted by Gasteiger charge is -2.37. The maximum atomic E-state index is 12.5. The number of amides is 1. The molecule has 1 saturated heterocycles. The van der Waals surface area contributed by atoms with Crippen molar-refractivity contribution in [2.45, 2.75) is 19.4 Å². The minimum absolute atomic E-state index is 0.0196. The van der Waals surface area contributed by atoms with Crippen LogP contribution in [-0.4, -0.2) is 43.0 Å². The number of nitrogens with two attached hydrogens (primary N) is 1. The molecule has 1 amide bonds. The molecule has 2 heterocycles. The van der Waals surface area contributed by atoms with Crippen LogP contribution in [0.2, 0.25) is 5.02 Å². The molecule has 6 heteroatoms. The summed E-state index contributed by atoms with van der Waals surface area (Å²) >= 11 is 6.11. The number of hydrogen-bond acceptors (Lipinski definition) is 4. The van der Waals surface area contributed by atoms with E-state index in [-0.39, 0.29) is 5.91 Å². The maximum absolute atomic E-state index is 12.5. The largest absolute Gasteiger partial charge is 0.469 e. The first kappa shape index (κ1) is 16.9. The first-order chi connectivity index (χ1) is 11.5. The lowest BCUT2D eigenvalue weighted by Crippen LogP contribution is -2.53. The predicted octanol–water partition coefficient (Wildman–Crippen LogP) is 2.46. The summed E-state index contributed by atoms with van der Waals surface area (Å²) in [5.74, 6) is 0.720. The molecule has 0 radical (unpaired) electrons. The average Bonchev–Trinajstić information content (AvgIpc) is 3.09. The topological polar surface area (TPSA) is 62.7 Å². The molecular formula is C18H22ClN3O2. The van der Waals surface area contributed by atoms with E-state index >= 15 is 0 Å². The van der Waals surface area contributed by atoms with Gasteiger partial charge in [0.15, 0.2) is 0 Å². The zero-order valence-electron chi connectivity index (χ0n) is 13.7. The summed E-state index contributed by atoms with van der Waals surface area (Å²) < 4.78 is 5.27. The minimum atomic E-state index is -0.560. The van der Waals surface area contributed by atoms with E-state index < -0.39 is 6.04 Å². The number of halogens is 1. The third kappa shape index (κ3) is 3.74. The Morgan fingerprint density at radius 1 is 1.29 bits per heavy atom.